The average Bonchev–Trinajstić information content (AvgIpc) is 2.44. The molecule has 0 radical (unpaired) electrons. The van der Waals surface area contributed by atoms with E-state index in [0.29, 0.717) is 0 Å². The molecule has 2 bridgehead atoms. The summed E-state index contributed by atoms with van der Waals surface area (Å²) in [5.74, 6) is 2.98. The quantitative estimate of drug-likeness (QED) is 0.469. The molecule has 9 heavy (non-hydrogen) atoms. The average molecular weight is 122 g/mol. The topological polar surface area (TPSA) is 0 Å². The van der Waals surface area contributed by atoms with Crippen LogP contribution in [0.1, 0.15) is 25.7 Å². The van der Waals surface area contributed by atoms with E-state index < -0.39 is 0 Å². The highest BCUT2D eigenvalue weighted by Gasteiger charge is 2.39. The van der Waals surface area contributed by atoms with Crippen molar-refractivity contribution in [2.75, 3.05) is 0 Å². The van der Waals surface area contributed by atoms with Crippen molar-refractivity contribution in [3.05, 3.63) is 12.7 Å². The zero-order valence-electron chi connectivity index (χ0n) is 5.84. The highest BCUT2D eigenvalue weighted by Crippen LogP contribution is 2.49. The molecule has 0 nitrogen and oxygen atoms in total. The molecule has 0 atom stereocenters. The molecule has 0 heteroatoms. The Kier molecular flexibility index (Phi) is 1.14. The van der Waals surface area contributed by atoms with E-state index in [9.17, 15) is 0 Å². The molecular formula is C9H14. The maximum atomic E-state index is 3.88. The Hall–Kier alpha value is -0.260. The minimum absolute atomic E-state index is 0.907. The van der Waals surface area contributed by atoms with Crippen LogP contribution in [0.15, 0.2) is 12.7 Å². The maximum Gasteiger partial charge on any atom is -0.0179 e. The molecule has 2 fully saturated rings. The molecule has 2 rings (SSSR count). The lowest BCUT2D eigenvalue weighted by atomic mass is 9.99. The largest absolute Gasteiger partial charge is 0.103 e. The van der Waals surface area contributed by atoms with Gasteiger partial charge in [0, 0.05) is 0 Å². The first-order valence-corrected chi connectivity index (χ1v) is 4.04. The lowest BCUT2D eigenvalue weighted by Crippen LogP contribution is -1.99. The molecule has 0 aromatic carbocycles. The third kappa shape index (κ3) is 0.654. The second kappa shape index (κ2) is 1.86. The number of hydrogen-bond donors (Lipinski definition) is 0. The van der Waals surface area contributed by atoms with Gasteiger partial charge in [0.2, 0.25) is 0 Å². The standard InChI is InChI=1S/C9H14/c1-2-9-7-3-4-8(9)6-5-7/h2,7-9H,1,3-6H2. The van der Waals surface area contributed by atoms with Crippen molar-refractivity contribution in [1.29, 1.82) is 0 Å². The lowest BCUT2D eigenvalue weighted by molar-refractivity contribution is 0.480. The summed E-state index contributed by atoms with van der Waals surface area (Å²) >= 11 is 0. The molecule has 2 aliphatic rings. The molecule has 0 spiro atoms. The highest BCUT2D eigenvalue weighted by atomic mass is 14.4. The molecule has 2 saturated carbocycles. The van der Waals surface area contributed by atoms with Crippen molar-refractivity contribution < 1.29 is 0 Å². The summed E-state index contributed by atoms with van der Waals surface area (Å²) in [6, 6.07) is 0. The zero-order chi connectivity index (χ0) is 6.27. The third-order valence-corrected chi connectivity index (χ3v) is 3.18. The predicted octanol–water partition coefficient (Wildman–Crippen LogP) is 2.61. The number of allylic oxidation sites excluding steroid dienone is 1. The number of hydrogen-bond acceptors (Lipinski definition) is 0. The van der Waals surface area contributed by atoms with E-state index >= 15 is 0 Å². The molecule has 2 aliphatic carbocycles. The van der Waals surface area contributed by atoms with Crippen LogP contribution in [0.25, 0.3) is 0 Å². The Labute approximate surface area is 57.0 Å². The monoisotopic (exact) mass is 122 g/mol. The van der Waals surface area contributed by atoms with E-state index in [4.69, 9.17) is 0 Å². The van der Waals surface area contributed by atoms with Crippen molar-refractivity contribution in [3.63, 3.8) is 0 Å². The summed E-state index contributed by atoms with van der Waals surface area (Å²) in [5.41, 5.74) is 0. The van der Waals surface area contributed by atoms with E-state index in [1.54, 1.807) is 0 Å². The van der Waals surface area contributed by atoms with Gasteiger partial charge < -0.3 is 0 Å². The Morgan fingerprint density at radius 3 is 1.67 bits per heavy atom. The minimum Gasteiger partial charge on any atom is -0.103 e. The van der Waals surface area contributed by atoms with Crippen LogP contribution in [0.3, 0.4) is 0 Å². The van der Waals surface area contributed by atoms with Gasteiger partial charge in [-0.25, -0.2) is 0 Å². The van der Waals surface area contributed by atoms with Gasteiger partial charge in [0.15, 0.2) is 0 Å². The maximum absolute atomic E-state index is 3.88. The van der Waals surface area contributed by atoms with Crippen LogP contribution in [-0.4, -0.2) is 0 Å². The molecule has 0 unspecified atom stereocenters. The van der Waals surface area contributed by atoms with Gasteiger partial charge in [0.05, 0.1) is 0 Å². The van der Waals surface area contributed by atoms with Crippen molar-refractivity contribution in [3.8, 4) is 0 Å². The van der Waals surface area contributed by atoms with Crippen LogP contribution in [0.2, 0.25) is 0 Å². The summed E-state index contributed by atoms with van der Waals surface area (Å²) in [6.07, 6.45) is 8.14. The first kappa shape index (κ1) is 5.52. The molecule has 0 aromatic rings. The Bertz CT molecular complexity index is 106. The van der Waals surface area contributed by atoms with E-state index in [1.165, 1.54) is 25.7 Å². The van der Waals surface area contributed by atoms with Crippen LogP contribution in [-0.2, 0) is 0 Å². The second-order valence-electron chi connectivity index (χ2n) is 3.49. The summed E-state index contributed by atoms with van der Waals surface area (Å²) in [6.45, 7) is 3.88. The van der Waals surface area contributed by atoms with Crippen molar-refractivity contribution in [2.45, 2.75) is 25.7 Å². The fraction of sp³-hybridized carbons (Fsp3) is 0.778. The van der Waals surface area contributed by atoms with Crippen LogP contribution >= 0.6 is 0 Å². The number of fused-ring (bicyclic) bond motifs is 2. The lowest BCUT2D eigenvalue weighted by Gasteiger charge is -2.06. The smallest absolute Gasteiger partial charge is 0.0179 e. The Morgan fingerprint density at radius 1 is 1.00 bits per heavy atom. The molecule has 0 amide bonds. The molecule has 0 aliphatic heterocycles. The van der Waals surface area contributed by atoms with E-state index in [1.807, 2.05) is 0 Å². The van der Waals surface area contributed by atoms with Crippen LogP contribution in [0.4, 0.5) is 0 Å². The summed E-state index contributed by atoms with van der Waals surface area (Å²) < 4.78 is 0. The number of rotatable bonds is 1. The second-order valence-corrected chi connectivity index (χ2v) is 3.49. The molecular weight excluding hydrogens is 108 g/mol. The molecule has 50 valence electrons. The van der Waals surface area contributed by atoms with Gasteiger partial charge in [0.25, 0.3) is 0 Å². The summed E-state index contributed by atoms with van der Waals surface area (Å²) in [7, 11) is 0. The highest BCUT2D eigenvalue weighted by molar-refractivity contribution is 4.99. The van der Waals surface area contributed by atoms with Gasteiger partial charge in [-0.3, -0.25) is 0 Å². The van der Waals surface area contributed by atoms with E-state index in [-0.39, 0.29) is 0 Å². The third-order valence-electron chi connectivity index (χ3n) is 3.18. The van der Waals surface area contributed by atoms with Crippen molar-refractivity contribution in [1.82, 2.24) is 0 Å². The van der Waals surface area contributed by atoms with Crippen LogP contribution in [0.5, 0.6) is 0 Å². The van der Waals surface area contributed by atoms with E-state index in [0.717, 1.165) is 17.8 Å². The first-order valence-electron chi connectivity index (χ1n) is 4.04. The normalized spacial score (nSPS) is 47.8. The fourth-order valence-electron chi connectivity index (χ4n) is 2.68. The van der Waals surface area contributed by atoms with E-state index in [2.05, 4.69) is 12.7 Å². The first-order chi connectivity index (χ1) is 4.42. The van der Waals surface area contributed by atoms with Gasteiger partial charge in [-0.2, -0.15) is 0 Å². The van der Waals surface area contributed by atoms with Gasteiger partial charge in [-0.15, -0.1) is 6.58 Å². The Morgan fingerprint density at radius 2 is 1.44 bits per heavy atom. The van der Waals surface area contributed by atoms with Crippen LogP contribution < -0.4 is 0 Å². The molecule has 0 aromatic heterocycles. The zero-order valence-corrected chi connectivity index (χ0v) is 5.84. The predicted molar refractivity (Wildman–Crippen MR) is 39.1 cm³/mol. The van der Waals surface area contributed by atoms with Gasteiger partial charge in [0.1, 0.15) is 0 Å². The van der Waals surface area contributed by atoms with Gasteiger partial charge in [-0.05, 0) is 43.4 Å². The molecule has 0 N–H and O–H groups in total. The van der Waals surface area contributed by atoms with Crippen molar-refractivity contribution >= 4 is 0 Å². The SMILES string of the molecule is C=CC1C2CCC1CC2. The summed E-state index contributed by atoms with van der Waals surface area (Å²) in [5, 5.41) is 0. The minimum atomic E-state index is 0.907. The Balaban J connectivity index is 2.16. The fourth-order valence-corrected chi connectivity index (χ4v) is 2.68. The van der Waals surface area contributed by atoms with Gasteiger partial charge >= 0.3 is 0 Å². The van der Waals surface area contributed by atoms with Gasteiger partial charge in [-0.1, -0.05) is 6.08 Å². The summed E-state index contributed by atoms with van der Waals surface area (Å²) in [4.78, 5) is 0. The molecule has 0 heterocycles. The van der Waals surface area contributed by atoms with Crippen LogP contribution in [0, 0.1) is 17.8 Å². The van der Waals surface area contributed by atoms with Crippen molar-refractivity contribution in [2.24, 2.45) is 17.8 Å². The molecule has 0 saturated heterocycles.